The molecule has 114 valence electrons. The van der Waals surface area contributed by atoms with Crippen LogP contribution in [0, 0.1) is 6.92 Å². The molecule has 2 rings (SSSR count). The fourth-order valence-electron chi connectivity index (χ4n) is 1.89. The molecule has 6 nitrogen and oxygen atoms in total. The van der Waals surface area contributed by atoms with Crippen molar-refractivity contribution in [1.82, 2.24) is 15.5 Å². The van der Waals surface area contributed by atoms with Crippen molar-refractivity contribution in [3.63, 3.8) is 0 Å². The van der Waals surface area contributed by atoms with Crippen molar-refractivity contribution in [2.24, 2.45) is 0 Å². The first-order chi connectivity index (χ1) is 10.2. The smallest absolute Gasteiger partial charge is 0.253 e. The number of hydrogen-bond acceptors (Lipinski definition) is 6. The summed E-state index contributed by atoms with van der Waals surface area (Å²) in [6.07, 6.45) is 1.11. The number of aryl methyl sites for hydroxylation is 1. The summed E-state index contributed by atoms with van der Waals surface area (Å²) >= 11 is 0. The number of rotatable bonds is 8. The predicted octanol–water partition coefficient (Wildman–Crippen LogP) is 2.47. The molecule has 0 aliphatic heterocycles. The molecule has 6 heteroatoms. The Hall–Kier alpha value is -2.08. The molecule has 0 saturated heterocycles. The third-order valence-electron chi connectivity index (χ3n) is 2.90. The van der Waals surface area contributed by atoms with Crippen LogP contribution in [0.5, 0.6) is 11.5 Å². The largest absolute Gasteiger partial charge is 0.493 e. The van der Waals surface area contributed by atoms with Gasteiger partial charge in [-0.1, -0.05) is 13.0 Å². The first kappa shape index (κ1) is 15.3. The molecular weight excluding hydrogens is 270 g/mol. The van der Waals surface area contributed by atoms with Gasteiger partial charge in [0, 0.05) is 13.5 Å². The van der Waals surface area contributed by atoms with Gasteiger partial charge in [-0.3, -0.25) is 0 Å². The van der Waals surface area contributed by atoms with E-state index in [1.165, 1.54) is 0 Å². The van der Waals surface area contributed by atoms with E-state index in [0.29, 0.717) is 23.3 Å². The fourth-order valence-corrected chi connectivity index (χ4v) is 1.89. The third-order valence-corrected chi connectivity index (χ3v) is 2.90. The average molecular weight is 291 g/mol. The summed E-state index contributed by atoms with van der Waals surface area (Å²) in [6.45, 7) is 5.92. The van der Waals surface area contributed by atoms with E-state index in [4.69, 9.17) is 13.9 Å². The van der Waals surface area contributed by atoms with Gasteiger partial charge in [0.15, 0.2) is 18.1 Å². The molecule has 0 spiro atoms. The molecule has 0 saturated carbocycles. The summed E-state index contributed by atoms with van der Waals surface area (Å²) in [5.41, 5.74) is 1.15. The average Bonchev–Trinajstić information content (AvgIpc) is 2.91. The highest BCUT2D eigenvalue weighted by molar-refractivity contribution is 5.42. The fraction of sp³-hybridized carbons (Fsp3) is 0.467. The number of methoxy groups -OCH3 is 1. The van der Waals surface area contributed by atoms with E-state index in [0.717, 1.165) is 25.1 Å². The van der Waals surface area contributed by atoms with E-state index in [-0.39, 0.29) is 6.61 Å². The minimum atomic E-state index is 0.227. The highest BCUT2D eigenvalue weighted by Crippen LogP contribution is 2.28. The van der Waals surface area contributed by atoms with Crippen LogP contribution in [0.25, 0.3) is 0 Å². The van der Waals surface area contributed by atoms with Crippen LogP contribution in [0.3, 0.4) is 0 Å². The molecule has 1 heterocycles. The Morgan fingerprint density at radius 3 is 2.76 bits per heavy atom. The van der Waals surface area contributed by atoms with Gasteiger partial charge in [0.2, 0.25) is 5.89 Å². The first-order valence-electron chi connectivity index (χ1n) is 7.02. The Morgan fingerprint density at radius 1 is 1.24 bits per heavy atom. The molecule has 21 heavy (non-hydrogen) atoms. The summed E-state index contributed by atoms with van der Waals surface area (Å²) in [5.74, 6) is 2.33. The summed E-state index contributed by atoms with van der Waals surface area (Å²) in [4.78, 5) is 0. The standard InChI is InChI=1S/C15H21N3O3/c1-4-7-16-9-12-5-6-13(14(8-12)19-3)20-10-15-18-17-11(2)21-15/h5-6,8,16H,4,7,9-10H2,1-3H3. The number of ether oxygens (including phenoxy) is 2. The number of nitrogens with zero attached hydrogens (tertiary/aromatic N) is 2. The van der Waals surface area contributed by atoms with Crippen molar-refractivity contribution in [3.05, 3.63) is 35.5 Å². The predicted molar refractivity (Wildman–Crippen MR) is 78.4 cm³/mol. The lowest BCUT2D eigenvalue weighted by atomic mass is 10.2. The summed E-state index contributed by atoms with van der Waals surface area (Å²) < 4.78 is 16.3. The van der Waals surface area contributed by atoms with E-state index in [9.17, 15) is 0 Å². The topological polar surface area (TPSA) is 69.4 Å². The second-order valence-electron chi connectivity index (χ2n) is 4.67. The van der Waals surface area contributed by atoms with Gasteiger partial charge in [0.25, 0.3) is 5.89 Å². The van der Waals surface area contributed by atoms with E-state index in [1.54, 1.807) is 14.0 Å². The van der Waals surface area contributed by atoms with E-state index in [1.807, 2.05) is 18.2 Å². The minimum Gasteiger partial charge on any atom is -0.493 e. The zero-order valence-corrected chi connectivity index (χ0v) is 12.7. The van der Waals surface area contributed by atoms with Crippen molar-refractivity contribution >= 4 is 0 Å². The van der Waals surface area contributed by atoms with Crippen LogP contribution in [0.2, 0.25) is 0 Å². The lowest BCUT2D eigenvalue weighted by molar-refractivity contribution is 0.248. The van der Waals surface area contributed by atoms with Crippen molar-refractivity contribution in [2.45, 2.75) is 33.4 Å². The van der Waals surface area contributed by atoms with Crippen LogP contribution in [-0.4, -0.2) is 23.9 Å². The molecule has 0 radical (unpaired) electrons. The second kappa shape index (κ2) is 7.64. The van der Waals surface area contributed by atoms with Gasteiger partial charge in [-0.15, -0.1) is 10.2 Å². The Labute approximate surface area is 124 Å². The summed E-state index contributed by atoms with van der Waals surface area (Å²) in [6, 6.07) is 5.88. The molecule has 1 aromatic carbocycles. The zero-order chi connectivity index (χ0) is 15.1. The molecule has 2 aromatic rings. The van der Waals surface area contributed by atoms with Gasteiger partial charge in [0.05, 0.1) is 7.11 Å². The molecule has 0 fully saturated rings. The number of benzene rings is 1. The molecule has 0 aliphatic rings. The van der Waals surface area contributed by atoms with Gasteiger partial charge in [-0.25, -0.2) is 0 Å². The van der Waals surface area contributed by atoms with Gasteiger partial charge in [0.1, 0.15) is 0 Å². The molecule has 0 unspecified atom stereocenters. The summed E-state index contributed by atoms with van der Waals surface area (Å²) in [7, 11) is 1.63. The highest BCUT2D eigenvalue weighted by atomic mass is 16.5. The van der Waals surface area contributed by atoms with Crippen LogP contribution in [0.15, 0.2) is 22.6 Å². The summed E-state index contributed by atoms with van der Waals surface area (Å²) in [5, 5.41) is 11.0. The number of nitrogens with one attached hydrogen (secondary N) is 1. The lowest BCUT2D eigenvalue weighted by Gasteiger charge is -2.11. The maximum Gasteiger partial charge on any atom is 0.253 e. The minimum absolute atomic E-state index is 0.227. The maximum absolute atomic E-state index is 5.67. The molecule has 0 bridgehead atoms. The van der Waals surface area contributed by atoms with Crippen LogP contribution < -0.4 is 14.8 Å². The normalized spacial score (nSPS) is 10.6. The zero-order valence-electron chi connectivity index (χ0n) is 12.7. The van der Waals surface area contributed by atoms with Gasteiger partial charge in [-0.2, -0.15) is 0 Å². The molecular formula is C15H21N3O3. The molecule has 0 aliphatic carbocycles. The molecule has 0 atom stereocenters. The van der Waals surface area contributed by atoms with Crippen LogP contribution >= 0.6 is 0 Å². The number of aromatic nitrogens is 2. The van der Waals surface area contributed by atoms with Gasteiger partial charge in [-0.05, 0) is 30.7 Å². The maximum atomic E-state index is 5.67. The lowest BCUT2D eigenvalue weighted by Crippen LogP contribution is -2.13. The molecule has 0 amide bonds. The quantitative estimate of drug-likeness (QED) is 0.753. The first-order valence-corrected chi connectivity index (χ1v) is 7.02. The Kier molecular flexibility index (Phi) is 5.57. The van der Waals surface area contributed by atoms with Gasteiger partial charge >= 0.3 is 0 Å². The van der Waals surface area contributed by atoms with Crippen LogP contribution in [0.4, 0.5) is 0 Å². The van der Waals surface area contributed by atoms with E-state index < -0.39 is 0 Å². The molecule has 1 aromatic heterocycles. The van der Waals surface area contributed by atoms with Crippen molar-refractivity contribution < 1.29 is 13.9 Å². The highest BCUT2D eigenvalue weighted by Gasteiger charge is 2.08. The van der Waals surface area contributed by atoms with E-state index >= 15 is 0 Å². The Bertz CT molecular complexity index is 569. The second-order valence-corrected chi connectivity index (χ2v) is 4.67. The van der Waals surface area contributed by atoms with E-state index in [2.05, 4.69) is 22.4 Å². The van der Waals surface area contributed by atoms with Crippen molar-refractivity contribution in [3.8, 4) is 11.5 Å². The Balaban J connectivity index is 1.98. The van der Waals surface area contributed by atoms with Gasteiger partial charge < -0.3 is 19.2 Å². The monoisotopic (exact) mass is 291 g/mol. The molecule has 1 N–H and O–H groups in total. The van der Waals surface area contributed by atoms with Crippen LogP contribution in [-0.2, 0) is 13.2 Å². The third kappa shape index (κ3) is 4.46. The Morgan fingerprint density at radius 2 is 2.10 bits per heavy atom. The number of hydrogen-bond donors (Lipinski definition) is 1. The SMILES string of the molecule is CCCNCc1ccc(OCc2nnc(C)o2)c(OC)c1. The van der Waals surface area contributed by atoms with Crippen molar-refractivity contribution in [1.29, 1.82) is 0 Å². The van der Waals surface area contributed by atoms with Crippen molar-refractivity contribution in [2.75, 3.05) is 13.7 Å². The van der Waals surface area contributed by atoms with Crippen LogP contribution in [0.1, 0.15) is 30.7 Å².